The van der Waals surface area contributed by atoms with E-state index in [4.69, 9.17) is 0 Å². The minimum atomic E-state index is -0.999. The van der Waals surface area contributed by atoms with Gasteiger partial charge in [-0.25, -0.2) is 4.79 Å². The number of aryl methyl sites for hydroxylation is 1. The molecule has 1 fully saturated rings. The highest BCUT2D eigenvalue weighted by atomic mass is 16.4. The van der Waals surface area contributed by atoms with Crippen molar-refractivity contribution < 1.29 is 24.6 Å². The Labute approximate surface area is 185 Å². The van der Waals surface area contributed by atoms with Crippen LogP contribution >= 0.6 is 0 Å². The van der Waals surface area contributed by atoms with Crippen molar-refractivity contribution in [1.29, 1.82) is 0 Å². The van der Waals surface area contributed by atoms with Crippen LogP contribution < -0.4 is 5.23 Å². The highest BCUT2D eigenvalue weighted by Gasteiger charge is 2.40. The van der Waals surface area contributed by atoms with Crippen molar-refractivity contribution in [3.05, 3.63) is 35.9 Å². The highest BCUT2D eigenvalue weighted by Crippen LogP contribution is 2.23. The van der Waals surface area contributed by atoms with Gasteiger partial charge in [-0.2, -0.15) is 0 Å². The molecule has 1 saturated heterocycles. The number of benzene rings is 1. The molecule has 31 heavy (non-hydrogen) atoms. The Morgan fingerprint density at radius 1 is 1.13 bits per heavy atom. The monoisotopic (exact) mass is 429 g/mol. The second kappa shape index (κ2) is 12.5. The number of carbonyl (C=O) groups excluding carboxylic acids is 1. The highest BCUT2D eigenvalue weighted by molar-refractivity contribution is 6.09. The van der Waals surface area contributed by atoms with Crippen molar-refractivity contribution in [1.82, 2.24) is 14.9 Å². The van der Waals surface area contributed by atoms with Gasteiger partial charge in [-0.3, -0.25) is 9.59 Å². The molecule has 0 saturated carbocycles. The lowest BCUT2D eigenvalue weighted by molar-refractivity contribution is -0.151. The summed E-state index contributed by atoms with van der Waals surface area (Å²) in [5.74, 6) is -2.24. The number of aliphatic carboxylic acids is 2. The second-order valence-corrected chi connectivity index (χ2v) is 8.19. The molecular formula is C21H33B2N3O5. The Morgan fingerprint density at radius 3 is 2.45 bits per heavy atom. The molecule has 0 unspecified atom stereocenters. The van der Waals surface area contributed by atoms with E-state index in [1.165, 1.54) is 4.90 Å². The fourth-order valence-electron chi connectivity index (χ4n) is 4.29. The standard InChI is InChI=1S/C21H33B2N3O5/c22-24-13-5-4-9-16(19(27)25-14-6-10-17(25)20(28)29)26(23)18(21(30)31)12-11-15-7-2-1-3-8-15/h1-3,7-8,16-18,24H,4-6,9-14,22-23H2,(H,28,29)(H,30,31)/t16-,17-,18-/m0/s1. The fourth-order valence-corrected chi connectivity index (χ4v) is 4.29. The van der Waals surface area contributed by atoms with Crippen molar-refractivity contribution in [2.75, 3.05) is 13.1 Å². The number of carbonyl (C=O) groups is 3. The van der Waals surface area contributed by atoms with Gasteiger partial charge in [0.2, 0.25) is 5.91 Å². The molecule has 3 N–H and O–H groups in total. The Bertz CT molecular complexity index is 737. The van der Waals surface area contributed by atoms with Gasteiger partial charge in [0.15, 0.2) is 16.0 Å². The van der Waals surface area contributed by atoms with E-state index in [9.17, 15) is 24.6 Å². The Hall–Kier alpha value is -2.32. The third kappa shape index (κ3) is 7.11. The summed E-state index contributed by atoms with van der Waals surface area (Å²) in [5, 5.41) is 22.5. The summed E-state index contributed by atoms with van der Waals surface area (Å²) in [4.78, 5) is 40.1. The molecule has 0 aliphatic carbocycles. The predicted octanol–water partition coefficient (Wildman–Crippen LogP) is -0.325. The number of nitrogens with zero attached hydrogens (tertiary/aromatic N) is 2. The zero-order valence-electron chi connectivity index (χ0n) is 18.5. The molecule has 0 spiro atoms. The summed E-state index contributed by atoms with van der Waals surface area (Å²) in [5.41, 5.74) is 1.05. The van der Waals surface area contributed by atoms with Gasteiger partial charge in [-0.1, -0.05) is 36.8 Å². The topological polar surface area (TPSA) is 110 Å². The fraction of sp³-hybridized carbons (Fsp3) is 0.571. The number of nitrogens with one attached hydrogen (secondary N) is 1. The van der Waals surface area contributed by atoms with E-state index in [0.717, 1.165) is 24.9 Å². The van der Waals surface area contributed by atoms with E-state index in [-0.39, 0.29) is 5.91 Å². The Morgan fingerprint density at radius 2 is 1.84 bits per heavy atom. The number of amides is 1. The van der Waals surface area contributed by atoms with Gasteiger partial charge in [0.25, 0.3) is 0 Å². The smallest absolute Gasteiger partial charge is 0.326 e. The predicted molar refractivity (Wildman–Crippen MR) is 123 cm³/mol. The SMILES string of the molecule is BNCCCC[C@@H](C(=O)N1CCC[C@H]1C(=O)O)N(B)[C@@H](CCc1ccccc1)C(=O)O. The molecule has 1 amide bonds. The van der Waals surface area contributed by atoms with Gasteiger partial charge >= 0.3 is 11.9 Å². The normalized spacial score (nSPS) is 18.1. The first-order valence-corrected chi connectivity index (χ1v) is 11.0. The Balaban J connectivity index is 2.17. The van der Waals surface area contributed by atoms with E-state index in [0.29, 0.717) is 38.6 Å². The maximum atomic E-state index is 13.4. The molecule has 1 aliphatic heterocycles. The lowest BCUT2D eigenvalue weighted by Crippen LogP contribution is -2.55. The van der Waals surface area contributed by atoms with Crippen LogP contribution in [0.5, 0.6) is 0 Å². The van der Waals surface area contributed by atoms with Crippen LogP contribution in [0.1, 0.15) is 44.1 Å². The summed E-state index contributed by atoms with van der Waals surface area (Å²) in [6, 6.07) is 7.36. The van der Waals surface area contributed by atoms with Crippen molar-refractivity contribution in [2.45, 2.75) is 63.1 Å². The third-order valence-corrected chi connectivity index (χ3v) is 6.08. The molecule has 1 heterocycles. The average molecular weight is 429 g/mol. The number of carboxylic acids is 2. The lowest BCUT2D eigenvalue weighted by atomic mass is 9.95. The minimum Gasteiger partial charge on any atom is -0.480 e. The third-order valence-electron chi connectivity index (χ3n) is 6.08. The van der Waals surface area contributed by atoms with Crippen LogP contribution in [-0.2, 0) is 20.8 Å². The molecule has 1 aromatic rings. The first-order chi connectivity index (χ1) is 14.9. The molecule has 0 radical (unpaired) electrons. The first-order valence-electron chi connectivity index (χ1n) is 11.0. The molecule has 3 atom stereocenters. The van der Waals surface area contributed by atoms with Crippen molar-refractivity contribution >= 4 is 33.8 Å². The van der Waals surface area contributed by atoms with Gasteiger partial charge in [0, 0.05) is 6.54 Å². The van der Waals surface area contributed by atoms with Crippen LogP contribution in [0, 0.1) is 0 Å². The van der Waals surface area contributed by atoms with Crippen molar-refractivity contribution in [2.24, 2.45) is 0 Å². The van der Waals surface area contributed by atoms with Crippen LogP contribution in [-0.4, -0.2) is 84.9 Å². The number of rotatable bonds is 13. The number of unbranched alkanes of at least 4 members (excludes halogenated alkanes) is 1. The van der Waals surface area contributed by atoms with E-state index in [1.54, 1.807) is 12.8 Å². The van der Waals surface area contributed by atoms with E-state index in [1.807, 2.05) is 38.3 Å². The van der Waals surface area contributed by atoms with Crippen LogP contribution in [0.25, 0.3) is 0 Å². The number of hydrogen-bond acceptors (Lipinski definition) is 5. The molecular weight excluding hydrogens is 396 g/mol. The quantitative estimate of drug-likeness (QED) is 0.291. The minimum absolute atomic E-state index is 0.275. The molecule has 8 nitrogen and oxygen atoms in total. The van der Waals surface area contributed by atoms with Gasteiger partial charge in [0.05, 0.1) is 12.1 Å². The number of hydrogen-bond donors (Lipinski definition) is 3. The van der Waals surface area contributed by atoms with Crippen LogP contribution in [0.4, 0.5) is 0 Å². The molecule has 168 valence electrons. The van der Waals surface area contributed by atoms with Crippen LogP contribution in [0.15, 0.2) is 30.3 Å². The first kappa shape index (κ1) is 24.9. The van der Waals surface area contributed by atoms with Crippen LogP contribution in [0.3, 0.4) is 0 Å². The lowest BCUT2D eigenvalue weighted by Gasteiger charge is -2.36. The zero-order chi connectivity index (χ0) is 22.8. The number of likely N-dealkylation sites (tertiary alicyclic amines) is 1. The maximum absolute atomic E-state index is 13.4. The molecule has 1 aliphatic rings. The maximum Gasteiger partial charge on any atom is 0.326 e. The molecule has 0 bridgehead atoms. The number of carboxylic acid groups (broad SMARTS) is 2. The molecule has 10 heteroatoms. The summed E-state index contributed by atoms with van der Waals surface area (Å²) in [6.45, 7) is 1.21. The molecule has 1 aromatic carbocycles. The van der Waals surface area contributed by atoms with Crippen molar-refractivity contribution in [3.8, 4) is 0 Å². The van der Waals surface area contributed by atoms with E-state index < -0.39 is 30.1 Å². The van der Waals surface area contributed by atoms with Gasteiger partial charge < -0.3 is 25.2 Å². The average Bonchev–Trinajstić information content (AvgIpc) is 3.24. The van der Waals surface area contributed by atoms with Gasteiger partial charge in [-0.15, -0.1) is 0 Å². The van der Waals surface area contributed by atoms with Gasteiger partial charge in [0.1, 0.15) is 6.04 Å². The summed E-state index contributed by atoms with van der Waals surface area (Å²) >= 11 is 0. The van der Waals surface area contributed by atoms with E-state index in [2.05, 4.69) is 5.23 Å². The molecule has 2 rings (SSSR count). The van der Waals surface area contributed by atoms with Crippen molar-refractivity contribution in [3.63, 3.8) is 0 Å². The summed E-state index contributed by atoms with van der Waals surface area (Å²) in [7, 11) is 3.54. The zero-order valence-corrected chi connectivity index (χ0v) is 18.5. The van der Waals surface area contributed by atoms with E-state index >= 15 is 0 Å². The van der Waals surface area contributed by atoms with Gasteiger partial charge in [-0.05, 0) is 50.6 Å². The largest absolute Gasteiger partial charge is 0.480 e. The molecule has 0 aromatic heterocycles. The van der Waals surface area contributed by atoms with Crippen LogP contribution in [0.2, 0.25) is 0 Å². The second-order valence-electron chi connectivity index (χ2n) is 8.19. The Kier molecular flexibility index (Phi) is 10.1. The summed E-state index contributed by atoms with van der Waals surface area (Å²) < 4.78 is 0. The summed E-state index contributed by atoms with van der Waals surface area (Å²) in [6.07, 6.45) is 4.15.